The van der Waals surface area contributed by atoms with Gasteiger partial charge in [0.15, 0.2) is 11.5 Å². The zero-order chi connectivity index (χ0) is 25.8. The second kappa shape index (κ2) is 11.0. The van der Waals surface area contributed by atoms with E-state index in [4.69, 9.17) is 44.3 Å². The van der Waals surface area contributed by atoms with E-state index in [1.54, 1.807) is 61.5 Å². The molecule has 0 saturated carbocycles. The molecule has 1 aliphatic heterocycles. The van der Waals surface area contributed by atoms with Gasteiger partial charge in [-0.25, -0.2) is 9.69 Å². The number of hydrogen-bond acceptors (Lipinski definition) is 5. The predicted octanol–water partition coefficient (Wildman–Crippen LogP) is 6.29. The quantitative estimate of drug-likeness (QED) is 0.279. The molecular weight excluding hydrogens is 527 g/mol. The Morgan fingerprint density at radius 3 is 2.33 bits per heavy atom. The van der Waals surface area contributed by atoms with E-state index < -0.39 is 17.8 Å². The molecule has 0 atom stereocenters. The van der Waals surface area contributed by atoms with Crippen molar-refractivity contribution in [3.05, 3.63) is 92.4 Å². The molecule has 1 saturated heterocycles. The van der Waals surface area contributed by atoms with Gasteiger partial charge in [-0.05, 0) is 60.5 Å². The molecule has 1 N–H and O–H groups in total. The van der Waals surface area contributed by atoms with E-state index in [0.717, 1.165) is 10.5 Å². The van der Waals surface area contributed by atoms with Crippen molar-refractivity contribution in [2.24, 2.45) is 0 Å². The summed E-state index contributed by atoms with van der Waals surface area (Å²) in [5.74, 6) is -0.973. The fraction of sp³-hybridized carbons (Fsp3) is 0.115. The largest absolute Gasteiger partial charge is 0.490 e. The smallest absolute Gasteiger partial charge is 0.335 e. The third-order valence-electron chi connectivity index (χ3n) is 5.13. The average molecular weight is 546 g/mol. The average Bonchev–Trinajstić information content (AvgIpc) is 2.84. The highest BCUT2D eigenvalue weighted by atomic mass is 35.5. The molecular formula is C26H19Cl3N2O5. The van der Waals surface area contributed by atoms with E-state index >= 15 is 0 Å². The van der Waals surface area contributed by atoms with Crippen LogP contribution in [0, 0.1) is 0 Å². The molecule has 3 aromatic rings. The van der Waals surface area contributed by atoms with Gasteiger partial charge in [0.1, 0.15) is 12.2 Å². The minimum Gasteiger partial charge on any atom is -0.490 e. The molecule has 0 aromatic heterocycles. The number of barbiturate groups is 1. The zero-order valence-corrected chi connectivity index (χ0v) is 21.2. The second-order valence-corrected chi connectivity index (χ2v) is 8.82. The van der Waals surface area contributed by atoms with Gasteiger partial charge in [-0.2, -0.15) is 0 Å². The highest BCUT2D eigenvalue weighted by Gasteiger charge is 2.36. The van der Waals surface area contributed by atoms with Gasteiger partial charge in [-0.15, -0.1) is 0 Å². The first-order chi connectivity index (χ1) is 17.3. The number of para-hydroxylation sites is 1. The van der Waals surface area contributed by atoms with Crippen LogP contribution in [0.4, 0.5) is 10.5 Å². The summed E-state index contributed by atoms with van der Waals surface area (Å²) in [7, 11) is 0. The number of carbonyl (C=O) groups is 3. The van der Waals surface area contributed by atoms with Gasteiger partial charge in [0.25, 0.3) is 11.8 Å². The molecule has 0 radical (unpaired) electrons. The van der Waals surface area contributed by atoms with E-state index in [-0.39, 0.29) is 23.0 Å². The highest BCUT2D eigenvalue weighted by molar-refractivity contribution is 6.42. The maximum atomic E-state index is 13.1. The van der Waals surface area contributed by atoms with Crippen molar-refractivity contribution in [2.45, 2.75) is 13.5 Å². The highest BCUT2D eigenvalue weighted by Crippen LogP contribution is 2.38. The number of nitrogens with one attached hydrogen (secondary N) is 1. The van der Waals surface area contributed by atoms with Crippen LogP contribution >= 0.6 is 34.8 Å². The normalized spacial score (nSPS) is 14.7. The van der Waals surface area contributed by atoms with E-state index in [0.29, 0.717) is 33.7 Å². The number of carbonyl (C=O) groups excluding carboxylic acids is 3. The van der Waals surface area contributed by atoms with Crippen LogP contribution in [0.3, 0.4) is 0 Å². The number of amides is 4. The SMILES string of the molecule is CCOc1cc(/C=C2\C(=O)NC(=O)N(c3ccccc3)C2=O)cc(Cl)c1OCc1ccc(Cl)c(Cl)c1. The summed E-state index contributed by atoms with van der Waals surface area (Å²) in [4.78, 5) is 38.9. The minimum atomic E-state index is -0.826. The number of imide groups is 2. The predicted molar refractivity (Wildman–Crippen MR) is 139 cm³/mol. The Morgan fingerprint density at radius 1 is 0.889 bits per heavy atom. The van der Waals surface area contributed by atoms with Crippen LogP contribution in [0.2, 0.25) is 15.1 Å². The Bertz CT molecular complexity index is 1380. The molecule has 1 heterocycles. The molecule has 184 valence electrons. The molecule has 10 heteroatoms. The first-order valence-electron chi connectivity index (χ1n) is 10.8. The fourth-order valence-electron chi connectivity index (χ4n) is 3.49. The van der Waals surface area contributed by atoms with E-state index in [1.165, 1.54) is 12.1 Å². The molecule has 7 nitrogen and oxygen atoms in total. The van der Waals surface area contributed by atoms with Crippen molar-refractivity contribution < 1.29 is 23.9 Å². The zero-order valence-electron chi connectivity index (χ0n) is 18.9. The molecule has 0 aliphatic carbocycles. The van der Waals surface area contributed by atoms with Gasteiger partial charge < -0.3 is 9.47 Å². The number of anilines is 1. The third-order valence-corrected chi connectivity index (χ3v) is 6.15. The van der Waals surface area contributed by atoms with E-state index in [1.807, 2.05) is 0 Å². The van der Waals surface area contributed by atoms with Crippen LogP contribution in [0.5, 0.6) is 11.5 Å². The van der Waals surface area contributed by atoms with Gasteiger partial charge >= 0.3 is 6.03 Å². The monoisotopic (exact) mass is 544 g/mol. The number of rotatable bonds is 7. The van der Waals surface area contributed by atoms with Gasteiger partial charge in [-0.3, -0.25) is 14.9 Å². The Morgan fingerprint density at radius 2 is 1.64 bits per heavy atom. The Hall–Kier alpha value is -3.52. The van der Waals surface area contributed by atoms with Crippen molar-refractivity contribution in [3.63, 3.8) is 0 Å². The number of benzene rings is 3. The topological polar surface area (TPSA) is 84.9 Å². The Kier molecular flexibility index (Phi) is 7.84. The Labute approximate surface area is 222 Å². The number of halogens is 3. The summed E-state index contributed by atoms with van der Waals surface area (Å²) in [6, 6.07) is 15.7. The van der Waals surface area contributed by atoms with E-state index in [2.05, 4.69) is 5.32 Å². The maximum Gasteiger partial charge on any atom is 0.335 e. The number of ether oxygens (including phenoxy) is 2. The van der Waals surface area contributed by atoms with Gasteiger partial charge in [0.05, 0.1) is 27.4 Å². The lowest BCUT2D eigenvalue weighted by Crippen LogP contribution is -2.54. The van der Waals surface area contributed by atoms with E-state index in [9.17, 15) is 14.4 Å². The lowest BCUT2D eigenvalue weighted by Gasteiger charge is -2.26. The summed E-state index contributed by atoms with van der Waals surface area (Å²) in [5.41, 5.74) is 1.27. The van der Waals surface area contributed by atoms with Crippen molar-refractivity contribution in [3.8, 4) is 11.5 Å². The minimum absolute atomic E-state index is 0.145. The van der Waals surface area contributed by atoms with Crippen molar-refractivity contribution in [1.29, 1.82) is 0 Å². The molecule has 0 spiro atoms. The second-order valence-electron chi connectivity index (χ2n) is 7.59. The number of nitrogens with zero attached hydrogens (tertiary/aromatic N) is 1. The molecule has 1 aliphatic rings. The molecule has 4 rings (SSSR count). The van der Waals surface area contributed by atoms with Gasteiger partial charge in [0, 0.05) is 0 Å². The first-order valence-corrected chi connectivity index (χ1v) is 11.9. The van der Waals surface area contributed by atoms with Crippen LogP contribution in [0.25, 0.3) is 6.08 Å². The summed E-state index contributed by atoms with van der Waals surface area (Å²) in [5, 5.41) is 3.22. The van der Waals surface area contributed by atoms with Gasteiger partial charge in [0.2, 0.25) is 0 Å². The molecule has 1 fully saturated rings. The van der Waals surface area contributed by atoms with Crippen LogP contribution in [0.1, 0.15) is 18.1 Å². The first kappa shape index (κ1) is 25.6. The molecule has 36 heavy (non-hydrogen) atoms. The van der Waals surface area contributed by atoms with Crippen LogP contribution in [0.15, 0.2) is 66.2 Å². The number of hydrogen-bond donors (Lipinski definition) is 1. The molecule has 4 amide bonds. The third kappa shape index (κ3) is 5.49. The lowest BCUT2D eigenvalue weighted by atomic mass is 10.1. The summed E-state index contributed by atoms with van der Waals surface area (Å²) >= 11 is 18.5. The number of urea groups is 1. The fourth-order valence-corrected chi connectivity index (χ4v) is 4.09. The summed E-state index contributed by atoms with van der Waals surface area (Å²) in [6.07, 6.45) is 1.34. The molecule has 0 bridgehead atoms. The van der Waals surface area contributed by atoms with Crippen molar-refractivity contribution >= 4 is 64.4 Å². The van der Waals surface area contributed by atoms with Gasteiger partial charge in [-0.1, -0.05) is 59.1 Å². The van der Waals surface area contributed by atoms with Crippen LogP contribution in [-0.2, 0) is 16.2 Å². The summed E-state index contributed by atoms with van der Waals surface area (Å²) < 4.78 is 11.6. The Balaban J connectivity index is 1.65. The standard InChI is InChI=1S/C26H19Cl3N2O5/c1-2-35-22-13-16(12-21(29)23(22)36-14-15-8-9-19(27)20(28)11-15)10-18-24(32)30-26(34)31(25(18)33)17-6-4-3-5-7-17/h3-13H,2,14H2,1H3,(H,30,32,34)/b18-10+. The molecule has 3 aromatic carbocycles. The van der Waals surface area contributed by atoms with Crippen LogP contribution in [-0.4, -0.2) is 24.5 Å². The summed E-state index contributed by atoms with van der Waals surface area (Å²) in [6.45, 7) is 2.25. The maximum absolute atomic E-state index is 13.1. The van der Waals surface area contributed by atoms with Crippen LogP contribution < -0.4 is 19.7 Å². The molecule has 0 unspecified atom stereocenters. The lowest BCUT2D eigenvalue weighted by molar-refractivity contribution is -0.122. The van der Waals surface area contributed by atoms with Crippen molar-refractivity contribution in [2.75, 3.05) is 11.5 Å². The van der Waals surface area contributed by atoms with Crippen molar-refractivity contribution in [1.82, 2.24) is 5.32 Å².